The summed E-state index contributed by atoms with van der Waals surface area (Å²) >= 11 is 1.31. The molecule has 0 unspecified atom stereocenters. The molecule has 0 aliphatic carbocycles. The Hall–Kier alpha value is -3.33. The smallest absolute Gasteiger partial charge is 0.262 e. The standard InChI is InChI=1S/C26H30N6O2S/c1-18(2)13-16-31-24(34)21-7-3-4-8-22(21)32-25(31)28-29-26(32)35-17-23(33)27-19-9-11-20(12-10-19)30-14-5-6-15-30/h3-4,7-12,18H,5-6,13-17H2,1-2H3,(H,27,33). The predicted molar refractivity (Wildman–Crippen MR) is 141 cm³/mol. The molecule has 0 atom stereocenters. The number of aromatic nitrogens is 4. The van der Waals surface area contributed by atoms with Gasteiger partial charge in [-0.2, -0.15) is 0 Å². The molecule has 8 nitrogen and oxygen atoms in total. The first kappa shape index (κ1) is 23.4. The van der Waals surface area contributed by atoms with Crippen LogP contribution in [0.4, 0.5) is 11.4 Å². The van der Waals surface area contributed by atoms with Gasteiger partial charge in [-0.15, -0.1) is 10.2 Å². The molecule has 1 amide bonds. The molecule has 0 spiro atoms. The summed E-state index contributed by atoms with van der Waals surface area (Å²) in [6, 6.07) is 15.5. The quantitative estimate of drug-likeness (QED) is 0.368. The molecule has 2 aromatic carbocycles. The number of nitrogens with one attached hydrogen (secondary N) is 1. The van der Waals surface area contributed by atoms with Crippen molar-refractivity contribution in [1.82, 2.24) is 19.2 Å². The minimum atomic E-state index is -0.113. The summed E-state index contributed by atoms with van der Waals surface area (Å²) in [6.45, 7) is 7.02. The van der Waals surface area contributed by atoms with Crippen molar-refractivity contribution in [3.8, 4) is 0 Å². The van der Waals surface area contributed by atoms with E-state index in [0.29, 0.717) is 28.8 Å². The third-order valence-corrected chi connectivity index (χ3v) is 7.29. The first-order chi connectivity index (χ1) is 17.0. The highest BCUT2D eigenvalue weighted by Gasteiger charge is 2.18. The Labute approximate surface area is 208 Å². The second-order valence-corrected chi connectivity index (χ2v) is 10.3. The van der Waals surface area contributed by atoms with Gasteiger partial charge in [0.25, 0.3) is 5.56 Å². The fraction of sp³-hybridized carbons (Fsp3) is 0.385. The van der Waals surface area contributed by atoms with Crippen LogP contribution in [0.3, 0.4) is 0 Å². The van der Waals surface area contributed by atoms with Crippen LogP contribution in [-0.4, -0.2) is 43.9 Å². The third-order valence-electron chi connectivity index (χ3n) is 6.36. The Balaban J connectivity index is 1.34. The molecule has 3 heterocycles. The molecule has 5 rings (SSSR count). The molecule has 2 aromatic heterocycles. The van der Waals surface area contributed by atoms with Crippen molar-refractivity contribution in [2.45, 2.75) is 44.8 Å². The van der Waals surface area contributed by atoms with Crippen LogP contribution in [0.15, 0.2) is 58.5 Å². The number of hydrogen-bond acceptors (Lipinski definition) is 6. The molecular formula is C26H30N6O2S. The molecule has 0 radical (unpaired) electrons. The zero-order valence-electron chi connectivity index (χ0n) is 20.1. The molecule has 9 heteroatoms. The molecule has 1 aliphatic heterocycles. The molecule has 1 N–H and O–H groups in total. The van der Waals surface area contributed by atoms with Gasteiger partial charge in [-0.25, -0.2) is 0 Å². The maximum atomic E-state index is 13.1. The van der Waals surface area contributed by atoms with E-state index < -0.39 is 0 Å². The van der Waals surface area contributed by atoms with Crippen molar-refractivity contribution >= 4 is 45.7 Å². The van der Waals surface area contributed by atoms with Crippen molar-refractivity contribution in [2.75, 3.05) is 29.1 Å². The van der Waals surface area contributed by atoms with Gasteiger partial charge in [0.1, 0.15) is 0 Å². The highest BCUT2D eigenvalue weighted by molar-refractivity contribution is 7.99. The number of nitrogens with zero attached hydrogens (tertiary/aromatic N) is 5. The average Bonchev–Trinajstić information content (AvgIpc) is 3.54. The minimum Gasteiger partial charge on any atom is -0.372 e. The van der Waals surface area contributed by atoms with E-state index in [1.165, 1.54) is 30.3 Å². The van der Waals surface area contributed by atoms with Crippen molar-refractivity contribution in [3.05, 3.63) is 58.9 Å². The lowest BCUT2D eigenvalue weighted by Gasteiger charge is -2.17. The topological polar surface area (TPSA) is 84.5 Å². The summed E-state index contributed by atoms with van der Waals surface area (Å²) < 4.78 is 3.58. The van der Waals surface area contributed by atoms with Gasteiger partial charge in [0.2, 0.25) is 11.7 Å². The highest BCUT2D eigenvalue weighted by atomic mass is 32.2. The molecule has 0 bridgehead atoms. The molecule has 35 heavy (non-hydrogen) atoms. The molecule has 1 aliphatic rings. The molecule has 0 saturated carbocycles. The number of fused-ring (bicyclic) bond motifs is 3. The second-order valence-electron chi connectivity index (χ2n) is 9.35. The van der Waals surface area contributed by atoms with Gasteiger partial charge in [0.15, 0.2) is 5.16 Å². The van der Waals surface area contributed by atoms with E-state index in [-0.39, 0.29) is 17.2 Å². The number of hydrogen-bond donors (Lipinski definition) is 1. The summed E-state index contributed by atoms with van der Waals surface area (Å²) in [5.41, 5.74) is 2.66. The SMILES string of the molecule is CC(C)CCn1c(=O)c2ccccc2n2c(SCC(=O)Nc3ccc(N4CCCC4)cc3)nnc12. The zero-order valence-corrected chi connectivity index (χ0v) is 20.9. The predicted octanol–water partition coefficient (Wildman–Crippen LogP) is 4.42. The normalized spacial score (nSPS) is 13.9. The first-order valence-corrected chi connectivity index (χ1v) is 13.1. The van der Waals surface area contributed by atoms with Crippen LogP contribution in [0, 0.1) is 5.92 Å². The molecule has 182 valence electrons. The molecule has 1 fully saturated rings. The minimum absolute atomic E-state index is 0.0622. The summed E-state index contributed by atoms with van der Waals surface area (Å²) in [5.74, 6) is 1.04. The molecular weight excluding hydrogens is 460 g/mol. The Morgan fingerprint density at radius 1 is 1.06 bits per heavy atom. The third kappa shape index (κ3) is 4.91. The molecule has 4 aromatic rings. The zero-order chi connectivity index (χ0) is 24.4. The second kappa shape index (κ2) is 10.1. The summed E-state index contributed by atoms with van der Waals surface area (Å²) in [7, 11) is 0. The number of thioether (sulfide) groups is 1. The monoisotopic (exact) mass is 490 g/mol. The van der Waals surface area contributed by atoms with Gasteiger partial charge >= 0.3 is 0 Å². The van der Waals surface area contributed by atoms with E-state index in [1.54, 1.807) is 4.57 Å². The van der Waals surface area contributed by atoms with Crippen LogP contribution >= 0.6 is 11.8 Å². The van der Waals surface area contributed by atoms with Gasteiger partial charge in [-0.3, -0.25) is 18.6 Å². The van der Waals surface area contributed by atoms with E-state index in [1.807, 2.05) is 40.8 Å². The number of anilines is 2. The van der Waals surface area contributed by atoms with Crippen LogP contribution in [0.1, 0.15) is 33.1 Å². The maximum absolute atomic E-state index is 13.1. The molecule has 1 saturated heterocycles. The number of rotatable bonds is 8. The number of para-hydroxylation sites is 1. The summed E-state index contributed by atoms with van der Waals surface area (Å²) in [6.07, 6.45) is 3.33. The van der Waals surface area contributed by atoms with Crippen molar-refractivity contribution in [1.29, 1.82) is 0 Å². The van der Waals surface area contributed by atoms with E-state index >= 15 is 0 Å². The Bertz CT molecular complexity index is 1400. The van der Waals surface area contributed by atoms with Crippen LogP contribution in [0.2, 0.25) is 0 Å². The van der Waals surface area contributed by atoms with Gasteiger partial charge in [0, 0.05) is 31.0 Å². The number of carbonyl (C=O) groups excluding carboxylic acids is 1. The number of benzene rings is 2. The average molecular weight is 491 g/mol. The Morgan fingerprint density at radius 3 is 2.54 bits per heavy atom. The highest BCUT2D eigenvalue weighted by Crippen LogP contribution is 2.24. The lowest BCUT2D eigenvalue weighted by atomic mass is 10.1. The largest absolute Gasteiger partial charge is 0.372 e. The van der Waals surface area contributed by atoms with Crippen LogP contribution in [0.5, 0.6) is 0 Å². The van der Waals surface area contributed by atoms with Crippen molar-refractivity contribution in [3.63, 3.8) is 0 Å². The van der Waals surface area contributed by atoms with E-state index in [2.05, 4.69) is 46.4 Å². The lowest BCUT2D eigenvalue weighted by molar-refractivity contribution is -0.113. The van der Waals surface area contributed by atoms with Gasteiger partial charge in [-0.05, 0) is 61.6 Å². The van der Waals surface area contributed by atoms with Gasteiger partial charge in [0.05, 0.1) is 16.7 Å². The van der Waals surface area contributed by atoms with Crippen LogP contribution in [0.25, 0.3) is 16.7 Å². The van der Waals surface area contributed by atoms with Gasteiger partial charge in [-0.1, -0.05) is 37.7 Å². The Kier molecular flexibility index (Phi) is 6.77. The van der Waals surface area contributed by atoms with E-state index in [4.69, 9.17) is 0 Å². The van der Waals surface area contributed by atoms with Crippen molar-refractivity contribution in [2.24, 2.45) is 5.92 Å². The first-order valence-electron chi connectivity index (χ1n) is 12.2. The number of aryl methyl sites for hydroxylation is 1. The summed E-state index contributed by atoms with van der Waals surface area (Å²) in [4.78, 5) is 28.2. The van der Waals surface area contributed by atoms with Crippen LogP contribution in [-0.2, 0) is 11.3 Å². The number of carbonyl (C=O) groups is 1. The Morgan fingerprint density at radius 2 is 1.80 bits per heavy atom. The van der Waals surface area contributed by atoms with E-state index in [0.717, 1.165) is 30.7 Å². The van der Waals surface area contributed by atoms with E-state index in [9.17, 15) is 9.59 Å². The maximum Gasteiger partial charge on any atom is 0.262 e. The fourth-order valence-corrected chi connectivity index (χ4v) is 5.21. The number of amides is 1. The van der Waals surface area contributed by atoms with Crippen molar-refractivity contribution < 1.29 is 4.79 Å². The van der Waals surface area contributed by atoms with Gasteiger partial charge < -0.3 is 10.2 Å². The lowest BCUT2D eigenvalue weighted by Crippen LogP contribution is -2.24. The summed E-state index contributed by atoms with van der Waals surface area (Å²) in [5, 5.41) is 12.9. The van der Waals surface area contributed by atoms with Crippen LogP contribution < -0.4 is 15.8 Å². The fourth-order valence-electron chi connectivity index (χ4n) is 4.47.